The smallest absolute Gasteiger partial charge is 0.339 e. The molecule has 1 saturated heterocycles. The lowest BCUT2D eigenvalue weighted by Crippen LogP contribution is -2.55. The van der Waals surface area contributed by atoms with Gasteiger partial charge in [0.05, 0.1) is 11.9 Å². The maximum atomic E-state index is 11.3. The van der Waals surface area contributed by atoms with E-state index in [2.05, 4.69) is 30.8 Å². The van der Waals surface area contributed by atoms with Crippen LogP contribution >= 0.6 is 0 Å². The van der Waals surface area contributed by atoms with E-state index < -0.39 is 5.97 Å². The van der Waals surface area contributed by atoms with Crippen LogP contribution in [-0.2, 0) is 0 Å². The molecule has 1 aliphatic heterocycles. The number of anilines is 2. The topological polar surface area (TPSA) is 82.7 Å². The van der Waals surface area contributed by atoms with Gasteiger partial charge in [0.25, 0.3) is 0 Å². The van der Waals surface area contributed by atoms with Gasteiger partial charge in [-0.2, -0.15) is 0 Å². The van der Waals surface area contributed by atoms with E-state index in [1.54, 1.807) is 0 Å². The molecule has 6 nitrogen and oxygen atoms in total. The zero-order chi connectivity index (χ0) is 14.2. The summed E-state index contributed by atoms with van der Waals surface area (Å²) < 4.78 is 0. The predicted octanol–water partition coefficient (Wildman–Crippen LogP) is 0.891. The van der Waals surface area contributed by atoms with Crippen LogP contribution in [0.15, 0.2) is 12.3 Å². The third-order valence-corrected chi connectivity index (χ3v) is 3.78. The summed E-state index contributed by atoms with van der Waals surface area (Å²) in [5.74, 6) is -0.484. The zero-order valence-corrected chi connectivity index (χ0v) is 11.5. The molecule has 1 aromatic heterocycles. The first-order valence-corrected chi connectivity index (χ1v) is 6.36. The second-order valence-corrected chi connectivity index (χ2v) is 5.21. The van der Waals surface area contributed by atoms with Gasteiger partial charge in [-0.25, -0.2) is 9.78 Å². The monoisotopic (exact) mass is 264 g/mol. The fraction of sp³-hybridized carbons (Fsp3) is 0.538. The normalized spacial score (nSPS) is 24.5. The number of aromatic nitrogens is 1. The Kier molecular flexibility index (Phi) is 3.61. The van der Waals surface area contributed by atoms with Crippen molar-refractivity contribution >= 4 is 17.5 Å². The Hall–Kier alpha value is -1.82. The Labute approximate surface area is 112 Å². The zero-order valence-electron chi connectivity index (χ0n) is 11.5. The number of hydrogen-bond acceptors (Lipinski definition) is 5. The summed E-state index contributed by atoms with van der Waals surface area (Å²) in [5, 5.41) is 9.27. The van der Waals surface area contributed by atoms with Crippen molar-refractivity contribution in [1.82, 2.24) is 9.88 Å². The van der Waals surface area contributed by atoms with Crippen molar-refractivity contribution in [2.75, 3.05) is 30.8 Å². The van der Waals surface area contributed by atoms with Gasteiger partial charge >= 0.3 is 5.97 Å². The molecule has 19 heavy (non-hydrogen) atoms. The fourth-order valence-electron chi connectivity index (χ4n) is 2.46. The van der Waals surface area contributed by atoms with Crippen LogP contribution in [0.3, 0.4) is 0 Å². The van der Waals surface area contributed by atoms with Crippen molar-refractivity contribution in [3.8, 4) is 0 Å². The van der Waals surface area contributed by atoms with Crippen molar-refractivity contribution in [3.63, 3.8) is 0 Å². The third-order valence-electron chi connectivity index (χ3n) is 3.78. The summed E-state index contributed by atoms with van der Waals surface area (Å²) in [6.07, 6.45) is 1.51. The van der Waals surface area contributed by atoms with Crippen LogP contribution < -0.4 is 10.6 Å². The molecule has 104 valence electrons. The quantitative estimate of drug-likeness (QED) is 0.825. The van der Waals surface area contributed by atoms with Crippen molar-refractivity contribution < 1.29 is 9.90 Å². The Morgan fingerprint density at radius 1 is 1.42 bits per heavy atom. The molecule has 2 rings (SSSR count). The first kappa shape index (κ1) is 13.6. The minimum absolute atomic E-state index is 0.170. The lowest BCUT2D eigenvalue weighted by molar-refractivity contribution is 0.0696. The van der Waals surface area contributed by atoms with Crippen LogP contribution in [0.5, 0.6) is 0 Å². The largest absolute Gasteiger partial charge is 0.478 e. The van der Waals surface area contributed by atoms with E-state index in [4.69, 9.17) is 5.73 Å². The van der Waals surface area contributed by atoms with Gasteiger partial charge in [-0.15, -0.1) is 0 Å². The molecule has 0 amide bonds. The van der Waals surface area contributed by atoms with Gasteiger partial charge in [0.2, 0.25) is 0 Å². The number of likely N-dealkylation sites (N-methyl/N-ethyl adjacent to an activating group) is 1. The number of rotatable bonds is 2. The Balaban J connectivity index is 2.34. The number of carboxylic acids is 1. The molecule has 2 unspecified atom stereocenters. The van der Waals surface area contributed by atoms with E-state index in [9.17, 15) is 9.90 Å². The minimum atomic E-state index is -0.992. The number of nitrogens with two attached hydrogens (primary N) is 1. The molecule has 1 aliphatic rings. The lowest BCUT2D eigenvalue weighted by Gasteiger charge is -2.43. The number of nitrogen functional groups attached to an aromatic ring is 1. The molecule has 0 radical (unpaired) electrons. The van der Waals surface area contributed by atoms with Crippen molar-refractivity contribution in [3.05, 3.63) is 17.8 Å². The first-order chi connectivity index (χ1) is 8.90. The predicted molar refractivity (Wildman–Crippen MR) is 74.5 cm³/mol. The van der Waals surface area contributed by atoms with E-state index in [-0.39, 0.29) is 5.56 Å². The van der Waals surface area contributed by atoms with Gasteiger partial charge in [0.15, 0.2) is 0 Å². The van der Waals surface area contributed by atoms with Gasteiger partial charge in [-0.05, 0) is 27.0 Å². The van der Waals surface area contributed by atoms with Gasteiger partial charge in [-0.1, -0.05) is 0 Å². The highest BCUT2D eigenvalue weighted by molar-refractivity contribution is 5.94. The molecule has 0 aliphatic carbocycles. The van der Waals surface area contributed by atoms with Crippen LogP contribution in [0, 0.1) is 0 Å². The highest BCUT2D eigenvalue weighted by Gasteiger charge is 2.29. The molecule has 6 heteroatoms. The first-order valence-electron chi connectivity index (χ1n) is 6.36. The highest BCUT2D eigenvalue weighted by Crippen LogP contribution is 2.24. The molecule has 2 heterocycles. The Bertz CT molecular complexity index is 480. The second-order valence-electron chi connectivity index (χ2n) is 5.21. The Morgan fingerprint density at radius 2 is 2.00 bits per heavy atom. The number of nitrogens with zero attached hydrogens (tertiary/aromatic N) is 3. The standard InChI is InChI=1S/C13H20N4O2/c1-8-6-17(7-9(2)16(8)3)12-11(13(18)19)4-10(14)5-15-12/h4-5,8-9H,6-7,14H2,1-3H3,(H,18,19). The Morgan fingerprint density at radius 3 is 2.53 bits per heavy atom. The van der Waals surface area contributed by atoms with Gasteiger partial charge in [0, 0.05) is 25.2 Å². The maximum absolute atomic E-state index is 11.3. The molecule has 3 N–H and O–H groups in total. The highest BCUT2D eigenvalue weighted by atomic mass is 16.4. The number of hydrogen-bond donors (Lipinski definition) is 2. The molecule has 1 aromatic rings. The molecule has 2 atom stereocenters. The number of carbonyl (C=O) groups is 1. The molecular weight excluding hydrogens is 244 g/mol. The average Bonchev–Trinajstić information content (AvgIpc) is 2.35. The van der Waals surface area contributed by atoms with Crippen molar-refractivity contribution in [2.24, 2.45) is 0 Å². The lowest BCUT2D eigenvalue weighted by atomic mass is 10.1. The molecule has 0 saturated carbocycles. The molecule has 1 fully saturated rings. The summed E-state index contributed by atoms with van der Waals surface area (Å²) in [4.78, 5) is 19.8. The van der Waals surface area contributed by atoms with E-state index in [1.807, 2.05) is 4.90 Å². The van der Waals surface area contributed by atoms with Crippen LogP contribution in [0.2, 0.25) is 0 Å². The summed E-state index contributed by atoms with van der Waals surface area (Å²) in [5.41, 5.74) is 6.16. The maximum Gasteiger partial charge on any atom is 0.339 e. The molecule has 0 spiro atoms. The summed E-state index contributed by atoms with van der Waals surface area (Å²) >= 11 is 0. The van der Waals surface area contributed by atoms with Crippen LogP contribution in [0.25, 0.3) is 0 Å². The van der Waals surface area contributed by atoms with Gasteiger partial charge in [0.1, 0.15) is 11.4 Å². The summed E-state index contributed by atoms with van der Waals surface area (Å²) in [6, 6.07) is 2.17. The SMILES string of the molecule is CC1CN(c2ncc(N)cc2C(=O)O)CC(C)N1C. The number of carboxylic acid groups (broad SMARTS) is 1. The second kappa shape index (κ2) is 5.05. The van der Waals surface area contributed by atoms with Crippen molar-refractivity contribution in [2.45, 2.75) is 25.9 Å². The number of pyridine rings is 1. The van der Waals surface area contributed by atoms with E-state index in [0.717, 1.165) is 13.1 Å². The third kappa shape index (κ3) is 2.63. The average molecular weight is 264 g/mol. The fourth-order valence-corrected chi connectivity index (χ4v) is 2.46. The number of aromatic carboxylic acids is 1. The minimum Gasteiger partial charge on any atom is -0.478 e. The molecule has 0 aromatic carbocycles. The molecular formula is C13H20N4O2. The van der Waals surface area contributed by atoms with Gasteiger partial charge in [-0.3, -0.25) is 4.90 Å². The summed E-state index contributed by atoms with van der Waals surface area (Å²) in [6.45, 7) is 5.77. The number of piperazine rings is 1. The van der Waals surface area contributed by atoms with Crippen molar-refractivity contribution in [1.29, 1.82) is 0 Å². The van der Waals surface area contributed by atoms with E-state index in [0.29, 0.717) is 23.6 Å². The van der Waals surface area contributed by atoms with E-state index >= 15 is 0 Å². The van der Waals surface area contributed by atoms with Crippen LogP contribution in [0.1, 0.15) is 24.2 Å². The van der Waals surface area contributed by atoms with E-state index in [1.165, 1.54) is 12.3 Å². The molecule has 0 bridgehead atoms. The summed E-state index contributed by atoms with van der Waals surface area (Å²) in [7, 11) is 2.08. The van der Waals surface area contributed by atoms with Crippen LogP contribution in [-0.4, -0.2) is 53.2 Å². The van der Waals surface area contributed by atoms with Crippen LogP contribution in [0.4, 0.5) is 11.5 Å². The van der Waals surface area contributed by atoms with Gasteiger partial charge < -0.3 is 15.7 Å².